The van der Waals surface area contributed by atoms with Crippen LogP contribution in [0.4, 0.5) is 0 Å². The molecule has 0 saturated carbocycles. The Morgan fingerprint density at radius 1 is 1.47 bits per heavy atom. The van der Waals surface area contributed by atoms with E-state index < -0.39 is 0 Å². The zero-order valence-corrected chi connectivity index (χ0v) is 10.6. The number of nitrogens with zero attached hydrogens (tertiary/aromatic N) is 2. The van der Waals surface area contributed by atoms with Crippen LogP contribution in [0.15, 0.2) is 42.7 Å². The van der Waals surface area contributed by atoms with Crippen LogP contribution in [0, 0.1) is 0 Å². The molecule has 0 spiro atoms. The van der Waals surface area contributed by atoms with Gasteiger partial charge in [0.15, 0.2) is 6.10 Å². The molecule has 3 rings (SSSR count). The molecule has 1 N–H and O–H groups in total. The van der Waals surface area contributed by atoms with Crippen LogP contribution in [0.1, 0.15) is 18.8 Å². The van der Waals surface area contributed by atoms with Crippen molar-refractivity contribution in [3.63, 3.8) is 0 Å². The van der Waals surface area contributed by atoms with Crippen molar-refractivity contribution in [3.05, 3.63) is 48.5 Å². The first-order valence-corrected chi connectivity index (χ1v) is 6.26. The molecule has 1 aromatic carbocycles. The molecule has 1 aromatic heterocycles. The van der Waals surface area contributed by atoms with Gasteiger partial charge in [-0.3, -0.25) is 4.79 Å². The van der Waals surface area contributed by atoms with Gasteiger partial charge in [-0.15, -0.1) is 0 Å². The quantitative estimate of drug-likeness (QED) is 0.843. The van der Waals surface area contributed by atoms with Gasteiger partial charge in [-0.05, 0) is 19.1 Å². The molecule has 1 saturated heterocycles. The lowest BCUT2D eigenvalue weighted by molar-refractivity contribution is -0.123. The van der Waals surface area contributed by atoms with Crippen LogP contribution in [0.3, 0.4) is 0 Å². The van der Waals surface area contributed by atoms with E-state index in [2.05, 4.69) is 10.3 Å². The van der Waals surface area contributed by atoms with Gasteiger partial charge in [0.2, 0.25) is 0 Å². The maximum atomic E-state index is 11.7. The van der Waals surface area contributed by atoms with Gasteiger partial charge in [-0.1, -0.05) is 18.2 Å². The maximum absolute atomic E-state index is 11.7. The molecule has 0 bridgehead atoms. The Bertz CT molecular complexity index is 575. The van der Waals surface area contributed by atoms with Crippen molar-refractivity contribution >= 4 is 5.91 Å². The number of carbonyl (C=O) groups excluding carboxylic acids is 1. The molecular formula is C14H15N3O2. The van der Waals surface area contributed by atoms with Gasteiger partial charge in [-0.2, -0.15) is 0 Å². The number of amides is 1. The predicted octanol–water partition coefficient (Wildman–Crippen LogP) is 1.45. The SMILES string of the molecule is CC(NC(=O)C1CO1)c1nccn1-c1ccccc1. The number of hydrogen-bond donors (Lipinski definition) is 1. The molecule has 19 heavy (non-hydrogen) atoms. The largest absolute Gasteiger partial charge is 0.363 e. The van der Waals surface area contributed by atoms with E-state index in [9.17, 15) is 4.79 Å². The first-order valence-electron chi connectivity index (χ1n) is 6.26. The van der Waals surface area contributed by atoms with Gasteiger partial charge < -0.3 is 14.6 Å². The number of para-hydroxylation sites is 1. The second kappa shape index (κ2) is 4.85. The summed E-state index contributed by atoms with van der Waals surface area (Å²) in [5.74, 6) is 0.732. The number of hydrogen-bond acceptors (Lipinski definition) is 3. The van der Waals surface area contributed by atoms with Gasteiger partial charge in [-0.25, -0.2) is 4.98 Å². The molecule has 5 heteroatoms. The van der Waals surface area contributed by atoms with Gasteiger partial charge in [0, 0.05) is 18.1 Å². The molecule has 98 valence electrons. The van der Waals surface area contributed by atoms with Gasteiger partial charge in [0.25, 0.3) is 5.91 Å². The third-order valence-corrected chi connectivity index (χ3v) is 3.08. The predicted molar refractivity (Wildman–Crippen MR) is 69.9 cm³/mol. The lowest BCUT2D eigenvalue weighted by Gasteiger charge is -2.15. The number of nitrogens with one attached hydrogen (secondary N) is 1. The number of benzene rings is 1. The fraction of sp³-hybridized carbons (Fsp3) is 0.286. The molecule has 0 aliphatic carbocycles. The Hall–Kier alpha value is -2.14. The lowest BCUT2D eigenvalue weighted by Crippen LogP contribution is -2.31. The summed E-state index contributed by atoms with van der Waals surface area (Å²) in [5.41, 5.74) is 1.03. The number of epoxide rings is 1. The summed E-state index contributed by atoms with van der Waals surface area (Å²) in [5, 5.41) is 2.91. The Labute approximate surface area is 111 Å². The van der Waals surface area contributed by atoms with E-state index in [0.29, 0.717) is 6.61 Å². The molecule has 2 unspecified atom stereocenters. The molecule has 0 radical (unpaired) electrons. The smallest absolute Gasteiger partial charge is 0.252 e. The molecule has 5 nitrogen and oxygen atoms in total. The van der Waals surface area contributed by atoms with E-state index in [-0.39, 0.29) is 18.1 Å². The maximum Gasteiger partial charge on any atom is 0.252 e. The standard InChI is InChI=1S/C14H15N3O2/c1-10(16-14(18)12-9-19-12)13-15-7-8-17(13)11-5-3-2-4-6-11/h2-8,10,12H,9H2,1H3,(H,16,18). The highest BCUT2D eigenvalue weighted by Gasteiger charge is 2.32. The van der Waals surface area contributed by atoms with E-state index in [0.717, 1.165) is 11.5 Å². The van der Waals surface area contributed by atoms with E-state index in [1.807, 2.05) is 48.0 Å². The zero-order valence-electron chi connectivity index (χ0n) is 10.6. The molecule has 1 amide bonds. The minimum absolute atomic E-state index is 0.0740. The fourth-order valence-corrected chi connectivity index (χ4v) is 2.01. The number of aromatic nitrogens is 2. The van der Waals surface area contributed by atoms with Gasteiger partial charge >= 0.3 is 0 Å². The normalized spacial score (nSPS) is 18.9. The van der Waals surface area contributed by atoms with Crippen molar-refractivity contribution in [2.75, 3.05) is 6.61 Å². The van der Waals surface area contributed by atoms with Gasteiger partial charge in [0.1, 0.15) is 5.82 Å². The van der Waals surface area contributed by atoms with Crippen LogP contribution in [0.5, 0.6) is 0 Å². The number of rotatable bonds is 4. The van der Waals surface area contributed by atoms with Crippen molar-refractivity contribution in [2.45, 2.75) is 19.1 Å². The zero-order chi connectivity index (χ0) is 13.2. The summed E-state index contributed by atoms with van der Waals surface area (Å²) in [6, 6.07) is 9.76. The topological polar surface area (TPSA) is 59.5 Å². The van der Waals surface area contributed by atoms with Crippen LogP contribution in [-0.2, 0) is 9.53 Å². The van der Waals surface area contributed by atoms with Gasteiger partial charge in [0.05, 0.1) is 12.6 Å². The monoisotopic (exact) mass is 257 g/mol. The Kier molecular flexibility index (Phi) is 3.05. The third kappa shape index (κ3) is 2.51. The first kappa shape index (κ1) is 11.9. The van der Waals surface area contributed by atoms with Crippen molar-refractivity contribution in [3.8, 4) is 5.69 Å². The van der Waals surface area contributed by atoms with Crippen LogP contribution < -0.4 is 5.32 Å². The molecule has 2 atom stereocenters. The fourth-order valence-electron chi connectivity index (χ4n) is 2.01. The summed E-state index contributed by atoms with van der Waals surface area (Å²) in [6.07, 6.45) is 3.35. The molecular weight excluding hydrogens is 242 g/mol. The van der Waals surface area contributed by atoms with Crippen molar-refractivity contribution in [2.24, 2.45) is 0 Å². The third-order valence-electron chi connectivity index (χ3n) is 3.08. The van der Waals surface area contributed by atoms with E-state index in [4.69, 9.17) is 4.74 Å². The van der Waals surface area contributed by atoms with Crippen molar-refractivity contribution in [1.82, 2.24) is 14.9 Å². The molecule has 2 aromatic rings. The number of carbonyl (C=O) groups is 1. The summed E-state index contributed by atoms with van der Waals surface area (Å²) in [7, 11) is 0. The Morgan fingerprint density at radius 2 is 2.21 bits per heavy atom. The average molecular weight is 257 g/mol. The minimum Gasteiger partial charge on any atom is -0.363 e. The summed E-state index contributed by atoms with van der Waals surface area (Å²) < 4.78 is 6.94. The highest BCUT2D eigenvalue weighted by atomic mass is 16.6. The molecule has 1 aliphatic heterocycles. The van der Waals surface area contributed by atoms with Crippen molar-refractivity contribution < 1.29 is 9.53 Å². The Morgan fingerprint density at radius 3 is 2.89 bits per heavy atom. The number of imidazole rings is 1. The summed E-state index contributed by atoms with van der Waals surface area (Å²) in [4.78, 5) is 16.0. The molecule has 1 fully saturated rings. The Balaban J connectivity index is 1.81. The first-order chi connectivity index (χ1) is 9.25. The van der Waals surface area contributed by atoms with E-state index in [1.165, 1.54) is 0 Å². The van der Waals surface area contributed by atoms with Crippen LogP contribution in [0.2, 0.25) is 0 Å². The lowest BCUT2D eigenvalue weighted by atomic mass is 10.2. The number of ether oxygens (including phenoxy) is 1. The molecule has 1 aliphatic rings. The van der Waals surface area contributed by atoms with Crippen molar-refractivity contribution in [1.29, 1.82) is 0 Å². The average Bonchev–Trinajstić information content (AvgIpc) is 3.17. The highest BCUT2D eigenvalue weighted by molar-refractivity contribution is 5.83. The molecule has 2 heterocycles. The minimum atomic E-state index is -0.275. The second-order valence-corrected chi connectivity index (χ2v) is 4.54. The second-order valence-electron chi connectivity index (χ2n) is 4.54. The van der Waals surface area contributed by atoms with Crippen LogP contribution in [0.25, 0.3) is 5.69 Å². The van der Waals surface area contributed by atoms with Crippen LogP contribution >= 0.6 is 0 Å². The van der Waals surface area contributed by atoms with E-state index >= 15 is 0 Å². The summed E-state index contributed by atoms with van der Waals surface area (Å²) >= 11 is 0. The van der Waals surface area contributed by atoms with E-state index in [1.54, 1.807) is 6.20 Å². The highest BCUT2D eigenvalue weighted by Crippen LogP contribution is 2.17. The van der Waals surface area contributed by atoms with Crippen LogP contribution in [-0.4, -0.2) is 28.2 Å². The summed E-state index contributed by atoms with van der Waals surface area (Å²) in [6.45, 7) is 2.44.